The maximum absolute atomic E-state index is 12.7. The highest BCUT2D eigenvalue weighted by Gasteiger charge is 2.31. The van der Waals surface area contributed by atoms with E-state index in [0.717, 1.165) is 56.1 Å². The minimum atomic E-state index is -4.86. The molecule has 1 saturated carbocycles. The van der Waals surface area contributed by atoms with Crippen LogP contribution in [0.5, 0.6) is 5.75 Å². The topological polar surface area (TPSA) is 95.2 Å². The molecule has 0 amide bonds. The predicted molar refractivity (Wildman–Crippen MR) is 102 cm³/mol. The normalized spacial score (nSPS) is 15.7. The fourth-order valence-electron chi connectivity index (χ4n) is 3.47. The van der Waals surface area contributed by atoms with Gasteiger partial charge in [0.15, 0.2) is 0 Å². The van der Waals surface area contributed by atoms with E-state index in [4.69, 9.17) is 4.42 Å². The Hall–Kier alpha value is -2.95. The van der Waals surface area contributed by atoms with Crippen molar-refractivity contribution in [3.63, 3.8) is 0 Å². The molecule has 2 aromatic heterocycles. The number of hydrogen-bond acceptors (Lipinski definition) is 7. The second-order valence-corrected chi connectivity index (χ2v) is 9.13. The summed E-state index contributed by atoms with van der Waals surface area (Å²) in [6, 6.07) is 6.74. The summed E-state index contributed by atoms with van der Waals surface area (Å²) in [5.41, 5.74) is 0.336. The molecule has 0 atom stereocenters. The molecule has 0 N–H and O–H groups in total. The van der Waals surface area contributed by atoms with Crippen LogP contribution in [0, 0.1) is 0 Å². The molecule has 31 heavy (non-hydrogen) atoms. The summed E-state index contributed by atoms with van der Waals surface area (Å²) in [4.78, 5) is 3.81. The van der Waals surface area contributed by atoms with Crippen molar-refractivity contribution in [2.24, 2.45) is 0 Å². The Morgan fingerprint density at radius 2 is 1.61 bits per heavy atom. The van der Waals surface area contributed by atoms with Crippen LogP contribution in [-0.2, 0) is 9.84 Å². The zero-order chi connectivity index (χ0) is 22.1. The Bertz CT molecular complexity index is 1140. The third-order valence-corrected chi connectivity index (χ3v) is 6.78. The third-order valence-electron chi connectivity index (χ3n) is 5.03. The third kappa shape index (κ3) is 4.87. The van der Waals surface area contributed by atoms with Crippen molar-refractivity contribution < 1.29 is 30.7 Å². The minimum Gasteiger partial charge on any atom is -0.419 e. The SMILES string of the molecule is O=S(=O)(c1ccc(OC(F)(F)F)cc1)c1ccc(-c2nnc(C3CCCCC3)o2)nc1. The first-order valence-electron chi connectivity index (χ1n) is 9.63. The largest absolute Gasteiger partial charge is 0.573 e. The molecule has 1 aliphatic rings. The van der Waals surface area contributed by atoms with Crippen molar-refractivity contribution >= 4 is 9.84 Å². The van der Waals surface area contributed by atoms with Crippen molar-refractivity contribution in [3.8, 4) is 17.3 Å². The van der Waals surface area contributed by atoms with Gasteiger partial charge < -0.3 is 9.15 Å². The lowest BCUT2D eigenvalue weighted by atomic mass is 9.89. The zero-order valence-corrected chi connectivity index (χ0v) is 17.0. The van der Waals surface area contributed by atoms with Crippen LogP contribution in [-0.4, -0.2) is 30.0 Å². The summed E-state index contributed by atoms with van der Waals surface area (Å²) in [7, 11) is -3.98. The molecule has 0 radical (unpaired) electrons. The van der Waals surface area contributed by atoms with Gasteiger partial charge in [0, 0.05) is 12.1 Å². The molecule has 7 nitrogen and oxygen atoms in total. The second kappa shape index (κ2) is 8.29. The molecular formula is C20H18F3N3O4S. The van der Waals surface area contributed by atoms with E-state index in [2.05, 4.69) is 19.9 Å². The van der Waals surface area contributed by atoms with Crippen molar-refractivity contribution in [1.82, 2.24) is 15.2 Å². The first kappa shape index (κ1) is 21.3. The number of hydrogen-bond donors (Lipinski definition) is 0. The first-order valence-corrected chi connectivity index (χ1v) is 11.1. The van der Waals surface area contributed by atoms with Crippen molar-refractivity contribution in [2.75, 3.05) is 0 Å². The number of pyridine rings is 1. The molecular weight excluding hydrogens is 435 g/mol. The minimum absolute atomic E-state index is 0.118. The zero-order valence-electron chi connectivity index (χ0n) is 16.2. The van der Waals surface area contributed by atoms with Gasteiger partial charge in [-0.25, -0.2) is 13.4 Å². The smallest absolute Gasteiger partial charge is 0.419 e. The fourth-order valence-corrected chi connectivity index (χ4v) is 4.68. The number of sulfone groups is 1. The number of halogens is 3. The summed E-state index contributed by atoms with van der Waals surface area (Å²) in [5.74, 6) is 0.497. The molecule has 0 saturated heterocycles. The van der Waals surface area contributed by atoms with Crippen LogP contribution in [0.3, 0.4) is 0 Å². The molecule has 0 aliphatic heterocycles. The van der Waals surface area contributed by atoms with E-state index in [9.17, 15) is 21.6 Å². The molecule has 0 unspecified atom stereocenters. The Morgan fingerprint density at radius 3 is 2.23 bits per heavy atom. The summed E-state index contributed by atoms with van der Waals surface area (Å²) in [6.45, 7) is 0. The molecule has 2 heterocycles. The van der Waals surface area contributed by atoms with Gasteiger partial charge >= 0.3 is 6.36 Å². The highest BCUT2D eigenvalue weighted by atomic mass is 32.2. The van der Waals surface area contributed by atoms with Crippen LogP contribution >= 0.6 is 0 Å². The summed E-state index contributed by atoms with van der Waals surface area (Å²) in [6.07, 6.45) is 1.74. The van der Waals surface area contributed by atoms with Crippen LogP contribution in [0.4, 0.5) is 13.2 Å². The molecule has 3 aromatic rings. The first-order chi connectivity index (χ1) is 14.7. The second-order valence-electron chi connectivity index (χ2n) is 7.18. The van der Waals surface area contributed by atoms with E-state index in [-0.39, 0.29) is 21.6 Å². The Kier molecular flexibility index (Phi) is 5.69. The number of nitrogens with zero attached hydrogens (tertiary/aromatic N) is 3. The van der Waals surface area contributed by atoms with Crippen LogP contribution in [0.2, 0.25) is 0 Å². The van der Waals surface area contributed by atoms with E-state index < -0.39 is 21.9 Å². The van der Waals surface area contributed by atoms with E-state index >= 15 is 0 Å². The van der Waals surface area contributed by atoms with Gasteiger partial charge in [0.05, 0.1) is 9.79 Å². The Labute approximate surface area is 176 Å². The molecule has 4 rings (SSSR count). The summed E-state index contributed by atoms with van der Waals surface area (Å²) >= 11 is 0. The van der Waals surface area contributed by atoms with Crippen LogP contribution in [0.25, 0.3) is 11.6 Å². The van der Waals surface area contributed by atoms with E-state index in [0.29, 0.717) is 11.6 Å². The quantitative estimate of drug-likeness (QED) is 0.542. The number of ether oxygens (including phenoxy) is 1. The van der Waals surface area contributed by atoms with Gasteiger partial charge in [-0.15, -0.1) is 23.4 Å². The van der Waals surface area contributed by atoms with Gasteiger partial charge in [0.1, 0.15) is 11.4 Å². The monoisotopic (exact) mass is 453 g/mol. The average molecular weight is 453 g/mol. The molecule has 0 bridgehead atoms. The van der Waals surface area contributed by atoms with E-state index in [1.165, 1.54) is 18.6 Å². The van der Waals surface area contributed by atoms with Crippen LogP contribution < -0.4 is 4.74 Å². The van der Waals surface area contributed by atoms with E-state index in [1.807, 2.05) is 0 Å². The van der Waals surface area contributed by atoms with Gasteiger partial charge in [-0.05, 0) is 49.2 Å². The van der Waals surface area contributed by atoms with Gasteiger partial charge in [0.25, 0.3) is 5.89 Å². The molecule has 1 aromatic carbocycles. The lowest BCUT2D eigenvalue weighted by Gasteiger charge is -2.17. The molecule has 1 aliphatic carbocycles. The van der Waals surface area contributed by atoms with Gasteiger partial charge in [-0.3, -0.25) is 0 Å². The number of rotatable bonds is 5. The highest BCUT2D eigenvalue weighted by molar-refractivity contribution is 7.91. The maximum atomic E-state index is 12.7. The average Bonchev–Trinajstić information content (AvgIpc) is 3.24. The number of benzene rings is 1. The molecule has 1 fully saturated rings. The number of aromatic nitrogens is 3. The van der Waals surface area contributed by atoms with Gasteiger partial charge in [-0.2, -0.15) is 0 Å². The van der Waals surface area contributed by atoms with E-state index in [1.54, 1.807) is 0 Å². The van der Waals surface area contributed by atoms with Crippen molar-refractivity contribution in [2.45, 2.75) is 54.2 Å². The van der Waals surface area contributed by atoms with Crippen molar-refractivity contribution in [1.29, 1.82) is 0 Å². The standard InChI is InChI=1S/C20H18F3N3O4S/c21-20(22,23)30-14-6-8-15(9-7-14)31(27,28)16-10-11-17(24-12-16)19-26-25-18(29-19)13-4-2-1-3-5-13/h6-13H,1-5H2. The maximum Gasteiger partial charge on any atom is 0.573 e. The molecule has 11 heteroatoms. The van der Waals surface area contributed by atoms with Crippen LogP contribution in [0.1, 0.15) is 43.9 Å². The summed E-state index contributed by atoms with van der Waals surface area (Å²) in [5, 5.41) is 8.12. The van der Waals surface area contributed by atoms with Gasteiger partial charge in [-0.1, -0.05) is 19.3 Å². The lowest BCUT2D eigenvalue weighted by Crippen LogP contribution is -2.17. The molecule has 0 spiro atoms. The summed E-state index contributed by atoms with van der Waals surface area (Å²) < 4.78 is 71.7. The lowest BCUT2D eigenvalue weighted by molar-refractivity contribution is -0.274. The Morgan fingerprint density at radius 1 is 0.935 bits per heavy atom. The van der Waals surface area contributed by atoms with Gasteiger partial charge in [0.2, 0.25) is 15.7 Å². The number of alkyl halides is 3. The predicted octanol–water partition coefficient (Wildman–Crippen LogP) is 4.91. The molecule has 164 valence electrons. The van der Waals surface area contributed by atoms with Crippen molar-refractivity contribution in [3.05, 3.63) is 48.5 Å². The highest BCUT2D eigenvalue weighted by Crippen LogP contribution is 2.33. The van der Waals surface area contributed by atoms with Crippen LogP contribution in [0.15, 0.2) is 56.8 Å². The fraction of sp³-hybridized carbons (Fsp3) is 0.350. The Balaban J connectivity index is 1.51.